The molecule has 0 aliphatic carbocycles. The van der Waals surface area contributed by atoms with Crippen molar-refractivity contribution in [2.45, 2.75) is 43.3 Å². The molecule has 2 amide bonds. The van der Waals surface area contributed by atoms with Gasteiger partial charge in [-0.3, -0.25) is 14.5 Å². The van der Waals surface area contributed by atoms with Crippen LogP contribution in [0.4, 0.5) is 0 Å². The van der Waals surface area contributed by atoms with Gasteiger partial charge in [0.25, 0.3) is 11.8 Å². The molecule has 0 saturated carbocycles. The molecule has 11 nitrogen and oxygen atoms in total. The quantitative estimate of drug-likeness (QED) is 0.156. The molecule has 0 N–H and O–H groups in total. The fourth-order valence-corrected chi connectivity index (χ4v) is 6.56. The number of methoxy groups -OCH3 is 3. The van der Waals surface area contributed by atoms with E-state index < -0.39 is 15.9 Å². The fourth-order valence-electron chi connectivity index (χ4n) is 5.72. The molecule has 3 aromatic rings. The van der Waals surface area contributed by atoms with E-state index >= 15 is 0 Å². The number of fused-ring (bicyclic) bond motifs is 1. The summed E-state index contributed by atoms with van der Waals surface area (Å²) in [5.74, 6) is 1.19. The monoisotopic (exact) mass is 665 g/mol. The molecule has 2 atom stereocenters. The Morgan fingerprint density at radius 3 is 1.91 bits per heavy atom. The second-order valence-corrected chi connectivity index (χ2v) is 13.1. The average molecular weight is 666 g/mol. The summed E-state index contributed by atoms with van der Waals surface area (Å²) >= 11 is 0. The maximum atomic E-state index is 13.0. The zero-order valence-corrected chi connectivity index (χ0v) is 27.9. The minimum atomic E-state index is -3.72. The first kappa shape index (κ1) is 33.8. The van der Waals surface area contributed by atoms with Crippen molar-refractivity contribution in [1.29, 1.82) is 0 Å². The van der Waals surface area contributed by atoms with Crippen LogP contribution in [0.3, 0.4) is 0 Å². The van der Waals surface area contributed by atoms with Crippen LogP contribution in [0, 0.1) is 0 Å². The van der Waals surface area contributed by atoms with Gasteiger partial charge in [0.2, 0.25) is 5.75 Å². The van der Waals surface area contributed by atoms with E-state index in [0.717, 1.165) is 11.8 Å². The molecule has 0 radical (unpaired) electrons. The molecule has 0 aromatic heterocycles. The first-order chi connectivity index (χ1) is 22.6. The second-order valence-electron chi connectivity index (χ2n) is 11.2. The van der Waals surface area contributed by atoms with Gasteiger partial charge in [0.1, 0.15) is 11.5 Å². The van der Waals surface area contributed by atoms with Crippen molar-refractivity contribution < 1.29 is 46.4 Å². The molecule has 2 aliphatic rings. The Morgan fingerprint density at radius 1 is 0.809 bits per heavy atom. The second kappa shape index (κ2) is 14.5. The van der Waals surface area contributed by atoms with Crippen LogP contribution < -0.4 is 23.7 Å². The number of ether oxygens (including phenoxy) is 6. The molecule has 3 aromatic carbocycles. The Labute approximate surface area is 274 Å². The highest BCUT2D eigenvalue weighted by Crippen LogP contribution is 2.48. The van der Waals surface area contributed by atoms with Gasteiger partial charge in [-0.15, -0.1) is 0 Å². The van der Waals surface area contributed by atoms with E-state index in [1.54, 1.807) is 69.9 Å². The molecule has 5 rings (SSSR count). The van der Waals surface area contributed by atoms with Crippen molar-refractivity contribution in [3.8, 4) is 28.7 Å². The highest BCUT2D eigenvalue weighted by molar-refractivity contribution is 7.90. The largest absolute Gasteiger partial charge is 0.493 e. The summed E-state index contributed by atoms with van der Waals surface area (Å²) in [5, 5.41) is 0. The van der Waals surface area contributed by atoms with E-state index in [1.807, 2.05) is 19.1 Å². The van der Waals surface area contributed by atoms with Gasteiger partial charge in [-0.1, -0.05) is 25.1 Å². The van der Waals surface area contributed by atoms with Gasteiger partial charge in [-0.2, -0.15) is 0 Å². The summed E-state index contributed by atoms with van der Waals surface area (Å²) in [6.07, 6.45) is 5.69. The molecule has 47 heavy (non-hydrogen) atoms. The third-order valence-electron chi connectivity index (χ3n) is 8.01. The summed E-state index contributed by atoms with van der Waals surface area (Å²) in [6, 6.07) is 13.7. The standard InChI is InChI=1S/C35H39NO10S/c1-6-16-45-33-30(44-17-10-9-15-36-34(37)24-11-7-8-12-25(24)35(36)38)20-23(21-31(33)47(5,39)40)27-14-13-26(46-27)22-18-28(41-2)32(43-4)29(19-22)42-3/h7-12,18-21,26-27H,6,13-17H2,1-5H3/b10-9+. The summed E-state index contributed by atoms with van der Waals surface area (Å²) in [6.45, 7) is 2.32. The van der Waals surface area contributed by atoms with E-state index in [4.69, 9.17) is 28.4 Å². The minimum absolute atomic E-state index is 0.00768. The minimum Gasteiger partial charge on any atom is -0.493 e. The third-order valence-corrected chi connectivity index (χ3v) is 9.11. The number of sulfone groups is 1. The predicted molar refractivity (Wildman–Crippen MR) is 174 cm³/mol. The number of amides is 2. The molecular formula is C35H39NO10S. The first-order valence-electron chi connectivity index (χ1n) is 15.3. The number of imide groups is 1. The van der Waals surface area contributed by atoms with Crippen LogP contribution in [0.1, 0.15) is 70.2 Å². The van der Waals surface area contributed by atoms with Gasteiger partial charge in [0.05, 0.1) is 51.3 Å². The van der Waals surface area contributed by atoms with Gasteiger partial charge in [0, 0.05) is 12.8 Å². The van der Waals surface area contributed by atoms with Crippen molar-refractivity contribution in [1.82, 2.24) is 4.90 Å². The Bertz CT molecular complexity index is 1720. The summed E-state index contributed by atoms with van der Waals surface area (Å²) in [5.41, 5.74) is 2.24. The number of hydrogen-bond donors (Lipinski definition) is 0. The summed E-state index contributed by atoms with van der Waals surface area (Å²) in [4.78, 5) is 26.5. The lowest BCUT2D eigenvalue weighted by atomic mass is 10.0. The van der Waals surface area contributed by atoms with Gasteiger partial charge in [-0.05, 0) is 72.9 Å². The topological polar surface area (TPSA) is 127 Å². The lowest BCUT2D eigenvalue weighted by Gasteiger charge is -2.21. The van der Waals surface area contributed by atoms with Gasteiger partial charge >= 0.3 is 0 Å². The number of carbonyl (C=O) groups excluding carboxylic acids is 2. The molecule has 2 heterocycles. The number of carbonyl (C=O) groups is 2. The lowest BCUT2D eigenvalue weighted by molar-refractivity contribution is 0.0435. The molecule has 12 heteroatoms. The Balaban J connectivity index is 1.37. The van der Waals surface area contributed by atoms with Crippen molar-refractivity contribution in [2.75, 3.05) is 47.3 Å². The lowest BCUT2D eigenvalue weighted by Crippen LogP contribution is -2.29. The van der Waals surface area contributed by atoms with Crippen molar-refractivity contribution >= 4 is 21.7 Å². The Morgan fingerprint density at radius 2 is 1.38 bits per heavy atom. The molecule has 1 fully saturated rings. The highest BCUT2D eigenvalue weighted by Gasteiger charge is 2.34. The predicted octanol–water partition coefficient (Wildman–Crippen LogP) is 5.73. The van der Waals surface area contributed by atoms with Gasteiger partial charge < -0.3 is 28.4 Å². The van der Waals surface area contributed by atoms with E-state index in [-0.39, 0.29) is 54.1 Å². The van der Waals surface area contributed by atoms with E-state index in [1.165, 1.54) is 4.90 Å². The van der Waals surface area contributed by atoms with Crippen LogP contribution in [-0.2, 0) is 14.6 Å². The number of rotatable bonds is 14. The molecule has 2 aliphatic heterocycles. The Kier molecular flexibility index (Phi) is 10.4. The molecule has 2 unspecified atom stereocenters. The molecule has 250 valence electrons. The van der Waals surface area contributed by atoms with E-state index in [0.29, 0.717) is 53.2 Å². The number of hydrogen-bond acceptors (Lipinski definition) is 10. The van der Waals surface area contributed by atoms with Crippen LogP contribution in [0.15, 0.2) is 65.6 Å². The van der Waals surface area contributed by atoms with Crippen LogP contribution in [0.2, 0.25) is 0 Å². The third kappa shape index (κ3) is 7.08. The van der Waals surface area contributed by atoms with Crippen molar-refractivity contribution in [2.24, 2.45) is 0 Å². The van der Waals surface area contributed by atoms with Crippen LogP contribution in [0.5, 0.6) is 28.7 Å². The highest BCUT2D eigenvalue weighted by atomic mass is 32.2. The van der Waals surface area contributed by atoms with Crippen molar-refractivity contribution in [3.63, 3.8) is 0 Å². The van der Waals surface area contributed by atoms with E-state index in [2.05, 4.69) is 0 Å². The van der Waals surface area contributed by atoms with Crippen LogP contribution >= 0.6 is 0 Å². The first-order valence-corrected chi connectivity index (χ1v) is 17.2. The maximum absolute atomic E-state index is 13.0. The number of benzene rings is 3. The Hall–Kier alpha value is -4.55. The average Bonchev–Trinajstić information content (AvgIpc) is 3.66. The fraction of sp³-hybridized carbons (Fsp3) is 0.371. The molecule has 0 bridgehead atoms. The normalized spacial score (nSPS) is 17.7. The summed E-state index contributed by atoms with van der Waals surface area (Å²) < 4.78 is 61.0. The smallest absolute Gasteiger partial charge is 0.261 e. The zero-order chi connectivity index (χ0) is 33.7. The van der Waals surface area contributed by atoms with E-state index in [9.17, 15) is 18.0 Å². The molecule has 0 spiro atoms. The van der Waals surface area contributed by atoms with Gasteiger partial charge in [0.15, 0.2) is 32.8 Å². The molecular weight excluding hydrogens is 626 g/mol. The number of nitrogens with zero attached hydrogens (tertiary/aromatic N) is 1. The maximum Gasteiger partial charge on any atom is 0.261 e. The zero-order valence-electron chi connectivity index (χ0n) is 27.1. The summed E-state index contributed by atoms with van der Waals surface area (Å²) in [7, 11) is 0.921. The van der Waals surface area contributed by atoms with Crippen LogP contribution in [0.25, 0.3) is 0 Å². The van der Waals surface area contributed by atoms with Crippen molar-refractivity contribution in [3.05, 3.63) is 82.9 Å². The van der Waals surface area contributed by atoms with Gasteiger partial charge in [-0.25, -0.2) is 8.42 Å². The molecule has 1 saturated heterocycles. The SMILES string of the molecule is CCCOc1c(OC/C=C/CN2C(=O)c3ccccc3C2=O)cc(C2CCC(c3cc(OC)c(OC)c(OC)c3)O2)cc1S(C)(=O)=O. The van der Waals surface area contributed by atoms with Crippen LogP contribution in [-0.4, -0.2) is 72.5 Å².